The molecule has 27 heavy (non-hydrogen) atoms. The van der Waals surface area contributed by atoms with Crippen LogP contribution in [0.25, 0.3) is 0 Å². The molecule has 8 nitrogen and oxygen atoms in total. The van der Waals surface area contributed by atoms with Crippen molar-refractivity contribution in [3.63, 3.8) is 0 Å². The summed E-state index contributed by atoms with van der Waals surface area (Å²) in [5, 5.41) is 0. The van der Waals surface area contributed by atoms with Gasteiger partial charge in [0.05, 0.1) is 19.6 Å². The minimum Gasteiger partial charge on any atom is -0.460 e. The van der Waals surface area contributed by atoms with Gasteiger partial charge in [0.2, 0.25) is 11.6 Å². The molecule has 0 saturated heterocycles. The van der Waals surface area contributed by atoms with Crippen LogP contribution >= 0.6 is 0 Å². The molecule has 0 N–H and O–H groups in total. The molecule has 0 rings (SSSR count). The topological polar surface area (TPSA) is 121 Å². The van der Waals surface area contributed by atoms with Crippen molar-refractivity contribution in [3.8, 4) is 0 Å². The van der Waals surface area contributed by atoms with E-state index < -0.39 is 23.5 Å². The number of esters is 2. The molecule has 0 bridgehead atoms. The summed E-state index contributed by atoms with van der Waals surface area (Å²) in [6, 6.07) is 0. The Morgan fingerprint density at radius 2 is 1.11 bits per heavy atom. The van der Waals surface area contributed by atoms with Crippen LogP contribution in [0.1, 0.15) is 73.6 Å². The monoisotopic (exact) mass is 388 g/mol. The highest BCUT2D eigenvalue weighted by molar-refractivity contribution is 6.37. The summed E-state index contributed by atoms with van der Waals surface area (Å²) in [4.78, 5) is 62.9. The van der Waals surface area contributed by atoms with E-state index in [1.54, 1.807) is 20.8 Å². The predicted octanol–water partition coefficient (Wildman–Crippen LogP) is 2.39. The van der Waals surface area contributed by atoms with Gasteiger partial charge in [-0.05, 0) is 33.6 Å². The van der Waals surface area contributed by atoms with E-state index in [1.165, 1.54) is 6.92 Å². The zero-order valence-corrected chi connectivity index (χ0v) is 17.2. The number of carbonyl (C=O) groups is 6. The van der Waals surface area contributed by atoms with E-state index in [-0.39, 0.29) is 31.2 Å². The van der Waals surface area contributed by atoms with Crippen molar-refractivity contribution in [1.82, 2.24) is 0 Å². The molecule has 0 aromatic rings. The normalized spacial score (nSPS) is 8.81. The third-order valence-electron chi connectivity index (χ3n) is 2.55. The second-order valence-corrected chi connectivity index (χ2v) is 5.34. The Kier molecular flexibility index (Phi) is 21.7. The molecule has 0 radical (unpaired) electrons. The lowest BCUT2D eigenvalue weighted by atomic mass is 10.1. The van der Waals surface area contributed by atoms with Crippen LogP contribution < -0.4 is 0 Å². The molecule has 0 aromatic heterocycles. The van der Waals surface area contributed by atoms with Gasteiger partial charge in [-0.3, -0.25) is 14.4 Å². The third-order valence-corrected chi connectivity index (χ3v) is 2.55. The van der Waals surface area contributed by atoms with Gasteiger partial charge < -0.3 is 14.3 Å². The Labute approximate surface area is 161 Å². The standard InChI is InChI=1S/C9H14O4.C5H8O3.C5H10O/c1-3-5-7(10)6-8(11)9(12)13-4-2;1-3-8-5(7)4(2)6;1-3-4-5(2)6/h3-6H2,1-2H3;3H2,1-2H3;3-4H2,1-2H3. The van der Waals surface area contributed by atoms with Gasteiger partial charge in [0.15, 0.2) is 0 Å². The Bertz CT molecular complexity index is 494. The molecule has 0 aromatic carbocycles. The maximum Gasteiger partial charge on any atom is 0.375 e. The molecule has 0 amide bonds. The van der Waals surface area contributed by atoms with Crippen molar-refractivity contribution >= 4 is 35.1 Å². The Morgan fingerprint density at radius 3 is 1.37 bits per heavy atom. The number of ether oxygens (including phenoxy) is 2. The maximum atomic E-state index is 10.9. The molecule has 0 unspecified atom stereocenters. The summed E-state index contributed by atoms with van der Waals surface area (Å²) in [5.74, 6) is -2.88. The highest BCUT2D eigenvalue weighted by atomic mass is 16.5. The van der Waals surface area contributed by atoms with E-state index in [1.807, 2.05) is 13.8 Å². The van der Waals surface area contributed by atoms with Crippen LogP contribution in [0, 0.1) is 0 Å². The highest BCUT2D eigenvalue weighted by Gasteiger charge is 2.17. The minimum absolute atomic E-state index is 0.159. The molecule has 0 spiro atoms. The van der Waals surface area contributed by atoms with Crippen LogP contribution in [-0.2, 0) is 38.2 Å². The fraction of sp³-hybridized carbons (Fsp3) is 0.684. The average Bonchev–Trinajstić information content (AvgIpc) is 2.56. The first-order chi connectivity index (χ1) is 12.6. The predicted molar refractivity (Wildman–Crippen MR) is 99.1 cm³/mol. The Morgan fingerprint density at radius 1 is 0.667 bits per heavy atom. The average molecular weight is 388 g/mol. The molecule has 0 aliphatic carbocycles. The Balaban J connectivity index is -0.000000351. The second kappa shape index (κ2) is 19.9. The number of ketones is 4. The van der Waals surface area contributed by atoms with Crippen molar-refractivity contribution in [2.24, 2.45) is 0 Å². The van der Waals surface area contributed by atoms with Gasteiger partial charge in [0.1, 0.15) is 11.6 Å². The number of rotatable bonds is 10. The molecule has 156 valence electrons. The first-order valence-electron chi connectivity index (χ1n) is 8.95. The number of carbonyl (C=O) groups excluding carboxylic acids is 6. The van der Waals surface area contributed by atoms with Crippen LogP contribution in [0.3, 0.4) is 0 Å². The van der Waals surface area contributed by atoms with Crippen LogP contribution in [0.4, 0.5) is 0 Å². The lowest BCUT2D eigenvalue weighted by molar-refractivity contribution is -0.154. The fourth-order valence-electron chi connectivity index (χ4n) is 1.41. The summed E-state index contributed by atoms with van der Waals surface area (Å²) >= 11 is 0. The third kappa shape index (κ3) is 23.6. The molecule has 0 aliphatic rings. The molecule has 0 heterocycles. The van der Waals surface area contributed by atoms with E-state index in [0.29, 0.717) is 12.8 Å². The number of hydrogen-bond donors (Lipinski definition) is 0. The van der Waals surface area contributed by atoms with Crippen molar-refractivity contribution in [1.29, 1.82) is 0 Å². The minimum atomic E-state index is -0.910. The molecular formula is C19H32O8. The largest absolute Gasteiger partial charge is 0.460 e. The van der Waals surface area contributed by atoms with Crippen molar-refractivity contribution in [3.05, 3.63) is 0 Å². The quantitative estimate of drug-likeness (QED) is 0.318. The SMILES string of the molecule is CCCC(=O)CC(=O)C(=O)OCC.CCCC(C)=O.CCOC(=O)C(C)=O. The van der Waals surface area contributed by atoms with Crippen LogP contribution in [-0.4, -0.2) is 48.3 Å². The zero-order chi connectivity index (χ0) is 21.8. The van der Waals surface area contributed by atoms with Gasteiger partial charge in [-0.1, -0.05) is 13.8 Å². The van der Waals surface area contributed by atoms with Crippen LogP contribution in [0.2, 0.25) is 0 Å². The van der Waals surface area contributed by atoms with Gasteiger partial charge in [0, 0.05) is 19.8 Å². The lowest BCUT2D eigenvalue weighted by Crippen LogP contribution is -2.20. The van der Waals surface area contributed by atoms with E-state index in [9.17, 15) is 28.8 Å². The molecule has 8 heteroatoms. The van der Waals surface area contributed by atoms with Crippen LogP contribution in [0.15, 0.2) is 0 Å². The van der Waals surface area contributed by atoms with E-state index in [2.05, 4.69) is 9.47 Å². The van der Waals surface area contributed by atoms with Gasteiger partial charge in [0.25, 0.3) is 0 Å². The van der Waals surface area contributed by atoms with Crippen molar-refractivity contribution in [2.45, 2.75) is 73.6 Å². The van der Waals surface area contributed by atoms with Gasteiger partial charge >= 0.3 is 11.9 Å². The van der Waals surface area contributed by atoms with Gasteiger partial charge in [-0.2, -0.15) is 0 Å². The fourth-order valence-corrected chi connectivity index (χ4v) is 1.41. The highest BCUT2D eigenvalue weighted by Crippen LogP contribution is 1.96. The summed E-state index contributed by atoms with van der Waals surface area (Å²) in [6.45, 7) is 10.3. The van der Waals surface area contributed by atoms with Crippen LogP contribution in [0.5, 0.6) is 0 Å². The number of Topliss-reactive ketones (excluding diaryl/α,β-unsaturated/α-hetero) is 4. The Hall–Kier alpha value is -2.38. The summed E-state index contributed by atoms with van der Waals surface area (Å²) in [7, 11) is 0. The molecule has 0 aliphatic heterocycles. The summed E-state index contributed by atoms with van der Waals surface area (Å²) < 4.78 is 8.76. The lowest BCUT2D eigenvalue weighted by Gasteiger charge is -1.99. The zero-order valence-electron chi connectivity index (χ0n) is 17.2. The summed E-state index contributed by atoms with van der Waals surface area (Å²) in [5.41, 5.74) is 0. The van der Waals surface area contributed by atoms with E-state index in [4.69, 9.17) is 0 Å². The number of hydrogen-bond acceptors (Lipinski definition) is 8. The molecule has 0 saturated carbocycles. The summed E-state index contributed by atoms with van der Waals surface area (Å²) in [6.07, 6.45) is 2.42. The van der Waals surface area contributed by atoms with E-state index in [0.717, 1.165) is 12.8 Å². The van der Waals surface area contributed by atoms with E-state index >= 15 is 0 Å². The van der Waals surface area contributed by atoms with Gasteiger partial charge in [-0.15, -0.1) is 0 Å². The molecule has 0 atom stereocenters. The van der Waals surface area contributed by atoms with Crippen molar-refractivity contribution in [2.75, 3.05) is 13.2 Å². The smallest absolute Gasteiger partial charge is 0.375 e. The first-order valence-corrected chi connectivity index (χ1v) is 8.95. The first kappa shape index (κ1) is 29.4. The molecule has 0 fully saturated rings. The van der Waals surface area contributed by atoms with Crippen molar-refractivity contribution < 1.29 is 38.2 Å². The maximum absolute atomic E-state index is 10.9. The van der Waals surface area contributed by atoms with Gasteiger partial charge in [-0.25, -0.2) is 9.59 Å². The molecular weight excluding hydrogens is 356 g/mol. The second-order valence-electron chi connectivity index (χ2n) is 5.34.